The summed E-state index contributed by atoms with van der Waals surface area (Å²) in [6, 6.07) is 3.73. The number of carbonyl (C=O) groups is 1. The number of aliphatic hydroxyl groups excluding tert-OH is 2. The standard InChI is InChI=1S/C13H17N3O3/c1-16(7-10(18)8-17)12(19)5-9-6-15-13-11(9)3-2-4-14-13/h2-4,6,10,17-18H,5,7-8H2,1H3,(H,14,15)/t10-/m0/s1. The van der Waals surface area contributed by atoms with Crippen LogP contribution in [0, 0.1) is 0 Å². The van der Waals surface area contributed by atoms with Gasteiger partial charge in [0.1, 0.15) is 5.65 Å². The Morgan fingerprint density at radius 1 is 1.58 bits per heavy atom. The largest absolute Gasteiger partial charge is 0.394 e. The summed E-state index contributed by atoms with van der Waals surface area (Å²) in [5.41, 5.74) is 1.63. The lowest BCUT2D eigenvalue weighted by atomic mass is 10.1. The van der Waals surface area contributed by atoms with Gasteiger partial charge in [-0.1, -0.05) is 0 Å². The molecule has 2 aromatic rings. The number of aromatic amines is 1. The van der Waals surface area contributed by atoms with Crippen LogP contribution >= 0.6 is 0 Å². The smallest absolute Gasteiger partial charge is 0.226 e. The van der Waals surface area contributed by atoms with Gasteiger partial charge in [0.15, 0.2) is 0 Å². The van der Waals surface area contributed by atoms with Crippen molar-refractivity contribution in [2.75, 3.05) is 20.2 Å². The van der Waals surface area contributed by atoms with Gasteiger partial charge in [-0.15, -0.1) is 0 Å². The molecule has 2 heterocycles. The molecule has 2 aromatic heterocycles. The summed E-state index contributed by atoms with van der Waals surface area (Å²) in [6.07, 6.45) is 2.79. The number of hydrogen-bond donors (Lipinski definition) is 3. The highest BCUT2D eigenvalue weighted by Gasteiger charge is 2.15. The van der Waals surface area contributed by atoms with Crippen molar-refractivity contribution in [3.05, 3.63) is 30.1 Å². The van der Waals surface area contributed by atoms with E-state index >= 15 is 0 Å². The van der Waals surface area contributed by atoms with Crippen LogP contribution in [0.2, 0.25) is 0 Å². The first-order valence-electron chi connectivity index (χ1n) is 6.05. The van der Waals surface area contributed by atoms with Gasteiger partial charge in [0.2, 0.25) is 5.91 Å². The number of nitrogens with zero attached hydrogens (tertiary/aromatic N) is 2. The molecule has 0 aliphatic heterocycles. The van der Waals surface area contributed by atoms with Crippen LogP contribution in [0.5, 0.6) is 0 Å². The molecular weight excluding hydrogens is 246 g/mol. The van der Waals surface area contributed by atoms with Crippen LogP contribution in [0.4, 0.5) is 0 Å². The highest BCUT2D eigenvalue weighted by Crippen LogP contribution is 2.16. The molecule has 0 aromatic carbocycles. The summed E-state index contributed by atoms with van der Waals surface area (Å²) < 4.78 is 0. The van der Waals surface area contributed by atoms with Crippen molar-refractivity contribution >= 4 is 16.9 Å². The van der Waals surface area contributed by atoms with Gasteiger partial charge < -0.3 is 20.1 Å². The van der Waals surface area contributed by atoms with E-state index in [1.54, 1.807) is 19.4 Å². The third kappa shape index (κ3) is 3.10. The van der Waals surface area contributed by atoms with E-state index in [1.807, 2.05) is 12.1 Å². The Balaban J connectivity index is 2.06. The van der Waals surface area contributed by atoms with E-state index in [1.165, 1.54) is 4.90 Å². The minimum atomic E-state index is -0.904. The molecule has 0 radical (unpaired) electrons. The molecule has 6 heteroatoms. The Morgan fingerprint density at radius 2 is 2.37 bits per heavy atom. The molecule has 2 rings (SSSR count). The number of likely N-dealkylation sites (N-methyl/N-ethyl adjacent to an activating group) is 1. The zero-order chi connectivity index (χ0) is 13.8. The van der Waals surface area contributed by atoms with Gasteiger partial charge in [0.25, 0.3) is 0 Å². The number of carbonyl (C=O) groups excluding carboxylic acids is 1. The third-order valence-electron chi connectivity index (χ3n) is 3.00. The fourth-order valence-corrected chi connectivity index (χ4v) is 1.93. The normalized spacial score (nSPS) is 12.6. The van der Waals surface area contributed by atoms with Crippen LogP contribution in [0.25, 0.3) is 11.0 Å². The van der Waals surface area contributed by atoms with Crippen LogP contribution in [0.1, 0.15) is 5.56 Å². The third-order valence-corrected chi connectivity index (χ3v) is 3.00. The van der Waals surface area contributed by atoms with E-state index in [-0.39, 0.29) is 25.5 Å². The van der Waals surface area contributed by atoms with Crippen molar-refractivity contribution in [1.29, 1.82) is 0 Å². The molecule has 0 fully saturated rings. The van der Waals surface area contributed by atoms with Crippen molar-refractivity contribution in [1.82, 2.24) is 14.9 Å². The van der Waals surface area contributed by atoms with Gasteiger partial charge in [-0.2, -0.15) is 0 Å². The summed E-state index contributed by atoms with van der Waals surface area (Å²) in [5.74, 6) is -0.114. The molecule has 0 saturated carbocycles. The van der Waals surface area contributed by atoms with Crippen LogP contribution in [-0.4, -0.2) is 57.3 Å². The van der Waals surface area contributed by atoms with E-state index in [0.717, 1.165) is 16.6 Å². The maximum atomic E-state index is 12.0. The Bertz CT molecular complexity index is 567. The summed E-state index contributed by atoms with van der Waals surface area (Å²) >= 11 is 0. The van der Waals surface area contributed by atoms with E-state index in [2.05, 4.69) is 9.97 Å². The minimum absolute atomic E-state index is 0.114. The molecule has 0 aliphatic rings. The number of amides is 1. The van der Waals surface area contributed by atoms with Crippen molar-refractivity contribution in [3.8, 4) is 0 Å². The van der Waals surface area contributed by atoms with Crippen molar-refractivity contribution in [3.63, 3.8) is 0 Å². The van der Waals surface area contributed by atoms with Gasteiger partial charge in [0, 0.05) is 31.4 Å². The highest BCUT2D eigenvalue weighted by atomic mass is 16.3. The first-order valence-corrected chi connectivity index (χ1v) is 6.05. The van der Waals surface area contributed by atoms with E-state index < -0.39 is 6.10 Å². The molecule has 0 aliphatic carbocycles. The zero-order valence-corrected chi connectivity index (χ0v) is 10.7. The van der Waals surface area contributed by atoms with Crippen LogP contribution in [0.3, 0.4) is 0 Å². The average Bonchev–Trinajstić information content (AvgIpc) is 2.82. The van der Waals surface area contributed by atoms with Crippen molar-refractivity contribution in [2.24, 2.45) is 0 Å². The Kier molecular flexibility index (Phi) is 4.13. The predicted molar refractivity (Wildman–Crippen MR) is 70.5 cm³/mol. The van der Waals surface area contributed by atoms with Gasteiger partial charge in [0.05, 0.1) is 19.1 Å². The monoisotopic (exact) mass is 263 g/mol. The van der Waals surface area contributed by atoms with Gasteiger partial charge in [-0.3, -0.25) is 4.79 Å². The van der Waals surface area contributed by atoms with Gasteiger partial charge >= 0.3 is 0 Å². The van der Waals surface area contributed by atoms with Gasteiger partial charge in [-0.05, 0) is 17.7 Å². The predicted octanol–water partition coefficient (Wildman–Crippen LogP) is -0.0830. The average molecular weight is 263 g/mol. The van der Waals surface area contributed by atoms with Crippen LogP contribution < -0.4 is 0 Å². The Hall–Kier alpha value is -1.92. The van der Waals surface area contributed by atoms with E-state index in [9.17, 15) is 9.90 Å². The number of fused-ring (bicyclic) bond motifs is 1. The fourth-order valence-electron chi connectivity index (χ4n) is 1.93. The maximum Gasteiger partial charge on any atom is 0.226 e. The van der Waals surface area contributed by atoms with Gasteiger partial charge in [-0.25, -0.2) is 4.98 Å². The second kappa shape index (κ2) is 5.81. The first kappa shape index (κ1) is 13.5. The van der Waals surface area contributed by atoms with Crippen molar-refractivity contribution < 1.29 is 15.0 Å². The number of H-pyrrole nitrogens is 1. The SMILES string of the molecule is CN(C[C@H](O)CO)C(=O)Cc1c[nH]c2ncccc12. The molecule has 19 heavy (non-hydrogen) atoms. The lowest BCUT2D eigenvalue weighted by Crippen LogP contribution is -2.36. The second-order valence-corrected chi connectivity index (χ2v) is 4.50. The number of aliphatic hydroxyl groups is 2. The minimum Gasteiger partial charge on any atom is -0.394 e. The Labute approximate surface area is 110 Å². The van der Waals surface area contributed by atoms with E-state index in [4.69, 9.17) is 5.11 Å². The molecule has 3 N–H and O–H groups in total. The number of rotatable bonds is 5. The molecule has 0 saturated heterocycles. The molecule has 0 unspecified atom stereocenters. The topological polar surface area (TPSA) is 89.5 Å². The molecule has 1 amide bonds. The zero-order valence-electron chi connectivity index (χ0n) is 10.7. The molecular formula is C13H17N3O3. The first-order chi connectivity index (χ1) is 9.11. The van der Waals surface area contributed by atoms with Crippen molar-refractivity contribution in [2.45, 2.75) is 12.5 Å². The number of hydrogen-bond acceptors (Lipinski definition) is 4. The molecule has 0 spiro atoms. The number of pyridine rings is 1. The summed E-state index contributed by atoms with van der Waals surface area (Å²) in [4.78, 5) is 20.6. The highest BCUT2D eigenvalue weighted by molar-refractivity contribution is 5.86. The van der Waals surface area contributed by atoms with E-state index in [0.29, 0.717) is 0 Å². The summed E-state index contributed by atoms with van der Waals surface area (Å²) in [7, 11) is 1.61. The quantitative estimate of drug-likeness (QED) is 0.703. The number of aromatic nitrogens is 2. The lowest BCUT2D eigenvalue weighted by molar-refractivity contribution is -0.130. The molecule has 1 atom stereocenters. The molecule has 0 bridgehead atoms. The Morgan fingerprint density at radius 3 is 3.11 bits per heavy atom. The summed E-state index contributed by atoms with van der Waals surface area (Å²) in [5, 5.41) is 19.0. The summed E-state index contributed by atoms with van der Waals surface area (Å²) in [6.45, 7) is -0.232. The van der Waals surface area contributed by atoms with Crippen LogP contribution in [-0.2, 0) is 11.2 Å². The number of nitrogens with one attached hydrogen (secondary N) is 1. The molecule has 6 nitrogen and oxygen atoms in total. The molecule has 102 valence electrons. The van der Waals surface area contributed by atoms with Crippen LogP contribution in [0.15, 0.2) is 24.5 Å². The lowest BCUT2D eigenvalue weighted by Gasteiger charge is -2.19. The fraction of sp³-hybridized carbons (Fsp3) is 0.385. The maximum absolute atomic E-state index is 12.0. The second-order valence-electron chi connectivity index (χ2n) is 4.50.